The monoisotopic (exact) mass is 339 g/mol. The van der Waals surface area contributed by atoms with Crippen molar-refractivity contribution in [2.45, 2.75) is 0 Å². The van der Waals surface area contributed by atoms with Crippen LogP contribution >= 0.6 is 24.0 Å². The summed E-state index contributed by atoms with van der Waals surface area (Å²) in [5, 5.41) is 5.77. The molecule has 0 saturated carbocycles. The van der Waals surface area contributed by atoms with Crippen LogP contribution in [0.4, 0.5) is 11.4 Å². The molecule has 0 unspecified atom stereocenters. The Morgan fingerprint density at radius 3 is 2.47 bits per heavy atom. The number of halogens is 1. The molecule has 0 amide bonds. The van der Waals surface area contributed by atoms with Gasteiger partial charge in [0, 0.05) is 19.5 Å². The van der Waals surface area contributed by atoms with Crippen molar-refractivity contribution in [1.82, 2.24) is 4.90 Å². The number of hydrogen-bond acceptors (Lipinski definition) is 3. The summed E-state index contributed by atoms with van der Waals surface area (Å²) in [6.45, 7) is 0. The van der Waals surface area contributed by atoms with Crippen LogP contribution < -0.4 is 5.32 Å². The van der Waals surface area contributed by atoms with Crippen molar-refractivity contribution in [1.29, 1.82) is 0 Å². The fraction of sp³-hybridized carbons (Fsp3) is 0.154. The van der Waals surface area contributed by atoms with Gasteiger partial charge in [-0.3, -0.25) is 0 Å². The summed E-state index contributed by atoms with van der Waals surface area (Å²) in [6.07, 6.45) is 0. The summed E-state index contributed by atoms with van der Waals surface area (Å²) in [7, 11) is 3.97. The Morgan fingerprint density at radius 1 is 1.06 bits per heavy atom. The van der Waals surface area contributed by atoms with Crippen LogP contribution in [0.1, 0.15) is 0 Å². The number of hydrogen-bond donors (Lipinski definition) is 1. The van der Waals surface area contributed by atoms with Gasteiger partial charge in [-0.05, 0) is 17.5 Å². The van der Waals surface area contributed by atoms with Gasteiger partial charge in [0.25, 0.3) is 0 Å². The highest BCUT2D eigenvalue weighted by molar-refractivity contribution is 14.0. The van der Waals surface area contributed by atoms with Gasteiger partial charge in [-0.15, -0.1) is 24.0 Å². The van der Waals surface area contributed by atoms with E-state index >= 15 is 0 Å². The van der Waals surface area contributed by atoms with Crippen molar-refractivity contribution in [3.8, 4) is 0 Å². The van der Waals surface area contributed by atoms with Gasteiger partial charge in [0.15, 0.2) is 0 Å². The van der Waals surface area contributed by atoms with Gasteiger partial charge in [-0.1, -0.05) is 24.3 Å². The van der Waals surface area contributed by atoms with E-state index in [1.54, 1.807) is 0 Å². The summed E-state index contributed by atoms with van der Waals surface area (Å²) in [4.78, 5) is 6.58. The van der Waals surface area contributed by atoms with Crippen molar-refractivity contribution in [3.63, 3.8) is 0 Å². The molecule has 1 aliphatic rings. The Hall–Kier alpha value is -1.30. The zero-order valence-corrected chi connectivity index (χ0v) is 12.1. The summed E-state index contributed by atoms with van der Waals surface area (Å²) < 4.78 is 0. The van der Waals surface area contributed by atoms with Gasteiger partial charge in [-0.2, -0.15) is 0 Å². The number of benzene rings is 2. The number of guanidine groups is 1. The van der Waals surface area contributed by atoms with E-state index in [0.717, 1.165) is 17.3 Å². The normalized spacial score (nSPS) is 12.5. The lowest BCUT2D eigenvalue weighted by Gasteiger charge is -2.23. The molecule has 1 heterocycles. The average Bonchev–Trinajstić information content (AvgIpc) is 2.29. The lowest BCUT2D eigenvalue weighted by molar-refractivity contribution is 0.620. The Kier molecular flexibility index (Phi) is 3.24. The molecule has 1 N–H and O–H groups in total. The fourth-order valence-electron chi connectivity index (χ4n) is 1.99. The third kappa shape index (κ3) is 1.97. The Labute approximate surface area is 118 Å². The minimum Gasteiger partial charge on any atom is -0.349 e. The maximum atomic E-state index is 4.59. The average molecular weight is 339 g/mol. The number of anilines is 1. The predicted molar refractivity (Wildman–Crippen MR) is 83.8 cm³/mol. The van der Waals surface area contributed by atoms with Gasteiger partial charge in [0.1, 0.15) is 0 Å². The van der Waals surface area contributed by atoms with Crippen molar-refractivity contribution < 1.29 is 0 Å². The second-order valence-corrected chi connectivity index (χ2v) is 4.14. The van der Waals surface area contributed by atoms with Crippen LogP contribution in [0.3, 0.4) is 0 Å². The molecule has 0 fully saturated rings. The van der Waals surface area contributed by atoms with Gasteiger partial charge < -0.3 is 10.2 Å². The molecular weight excluding hydrogens is 325 g/mol. The molecule has 0 aromatic heterocycles. The van der Waals surface area contributed by atoms with Crippen LogP contribution in [0, 0.1) is 0 Å². The molecule has 3 nitrogen and oxygen atoms in total. The van der Waals surface area contributed by atoms with Crippen molar-refractivity contribution in [2.24, 2.45) is 4.99 Å². The van der Waals surface area contributed by atoms with E-state index in [9.17, 15) is 0 Å². The molecule has 0 radical (unpaired) electrons. The maximum absolute atomic E-state index is 4.59. The van der Waals surface area contributed by atoms with E-state index in [0.29, 0.717) is 0 Å². The molecule has 0 saturated heterocycles. The third-order valence-electron chi connectivity index (χ3n) is 2.78. The third-order valence-corrected chi connectivity index (χ3v) is 2.78. The van der Waals surface area contributed by atoms with E-state index in [1.165, 1.54) is 10.8 Å². The van der Waals surface area contributed by atoms with E-state index < -0.39 is 0 Å². The smallest absolute Gasteiger partial charge is 0.203 e. The summed E-state index contributed by atoms with van der Waals surface area (Å²) in [5.41, 5.74) is 2.17. The van der Waals surface area contributed by atoms with Crippen molar-refractivity contribution >= 4 is 52.1 Å². The molecule has 4 heteroatoms. The first-order valence-electron chi connectivity index (χ1n) is 5.30. The fourth-order valence-corrected chi connectivity index (χ4v) is 1.99. The minimum atomic E-state index is 0. The van der Waals surface area contributed by atoms with Crippen LogP contribution in [0.15, 0.2) is 41.4 Å². The molecule has 0 spiro atoms. The highest BCUT2D eigenvalue weighted by Gasteiger charge is 2.14. The van der Waals surface area contributed by atoms with Crippen LogP contribution in [-0.2, 0) is 0 Å². The first kappa shape index (κ1) is 12.2. The lowest BCUT2D eigenvalue weighted by atomic mass is 10.1. The van der Waals surface area contributed by atoms with Crippen LogP contribution in [0.2, 0.25) is 0 Å². The summed E-state index contributed by atoms with van der Waals surface area (Å²) in [6, 6.07) is 12.5. The molecule has 0 atom stereocenters. The van der Waals surface area contributed by atoms with Gasteiger partial charge in [-0.25, -0.2) is 4.99 Å². The minimum absolute atomic E-state index is 0. The maximum Gasteiger partial charge on any atom is 0.203 e. The number of nitrogens with one attached hydrogen (secondary N) is 1. The zero-order valence-electron chi connectivity index (χ0n) is 9.77. The van der Waals surface area contributed by atoms with Crippen LogP contribution in [-0.4, -0.2) is 25.0 Å². The van der Waals surface area contributed by atoms with E-state index in [-0.39, 0.29) is 24.0 Å². The van der Waals surface area contributed by atoms with Gasteiger partial charge in [0.05, 0.1) is 11.4 Å². The first-order chi connectivity index (χ1) is 7.75. The predicted octanol–water partition coefficient (Wildman–Crippen LogP) is 3.43. The van der Waals surface area contributed by atoms with Crippen LogP contribution in [0.25, 0.3) is 10.8 Å². The number of aliphatic imine (C=N–C) groups is 1. The number of rotatable bonds is 0. The highest BCUT2D eigenvalue weighted by Crippen LogP contribution is 2.35. The summed E-state index contributed by atoms with van der Waals surface area (Å²) in [5.74, 6) is 0.881. The quantitative estimate of drug-likeness (QED) is 0.745. The number of nitrogens with zero attached hydrogens (tertiary/aromatic N) is 2. The van der Waals surface area contributed by atoms with Crippen LogP contribution in [0.5, 0.6) is 0 Å². The molecule has 0 bridgehead atoms. The van der Waals surface area contributed by atoms with Crippen molar-refractivity contribution in [2.75, 3.05) is 19.4 Å². The van der Waals surface area contributed by atoms with E-state index in [4.69, 9.17) is 0 Å². The molecule has 2 aromatic rings. The molecule has 3 rings (SSSR count). The molecular formula is C13H14IN3. The molecule has 17 heavy (non-hydrogen) atoms. The molecule has 2 aromatic carbocycles. The standard InChI is InChI=1S/C13H13N3.HI/c1-16(2)13-14-10-7-3-5-9-6-4-8-11(15-13)12(9)10;/h3-8H,1-2H3,(H,14,15);1H. The first-order valence-corrected chi connectivity index (χ1v) is 5.30. The van der Waals surface area contributed by atoms with Gasteiger partial charge in [0.2, 0.25) is 5.96 Å². The topological polar surface area (TPSA) is 27.6 Å². The molecule has 88 valence electrons. The Balaban J connectivity index is 0.00000108. The highest BCUT2D eigenvalue weighted by atomic mass is 127. The Morgan fingerprint density at radius 2 is 1.76 bits per heavy atom. The van der Waals surface area contributed by atoms with E-state index in [2.05, 4.69) is 40.6 Å². The van der Waals surface area contributed by atoms with Crippen molar-refractivity contribution in [3.05, 3.63) is 36.4 Å². The van der Waals surface area contributed by atoms with E-state index in [1.807, 2.05) is 25.1 Å². The SMILES string of the molecule is CN(C)C1=Nc2cccc3cccc(c23)N1.I. The largest absolute Gasteiger partial charge is 0.349 e. The summed E-state index contributed by atoms with van der Waals surface area (Å²) >= 11 is 0. The lowest BCUT2D eigenvalue weighted by Crippen LogP contribution is -2.30. The second kappa shape index (κ2) is 4.52. The van der Waals surface area contributed by atoms with Gasteiger partial charge >= 0.3 is 0 Å². The second-order valence-electron chi connectivity index (χ2n) is 4.14. The zero-order chi connectivity index (χ0) is 11.1. The molecule has 1 aliphatic heterocycles. The Bertz CT molecular complexity index is 585. The molecule has 0 aliphatic carbocycles.